The van der Waals surface area contributed by atoms with Crippen LogP contribution in [0.4, 0.5) is 0 Å². The average molecular weight is 391 g/mol. The molecule has 6 heteroatoms. The fraction of sp³-hybridized carbons (Fsp3) is 0.294. The highest BCUT2D eigenvalue weighted by molar-refractivity contribution is 9.10. The number of ether oxygens (including phenoxy) is 1. The molecule has 1 aliphatic carbocycles. The van der Waals surface area contributed by atoms with Crippen LogP contribution in [-0.4, -0.2) is 17.1 Å². The van der Waals surface area contributed by atoms with Gasteiger partial charge in [0, 0.05) is 9.35 Å². The second-order valence-corrected chi connectivity index (χ2v) is 7.65. The molecule has 4 nitrogen and oxygen atoms in total. The van der Waals surface area contributed by atoms with Gasteiger partial charge in [0.05, 0.1) is 18.1 Å². The van der Waals surface area contributed by atoms with E-state index < -0.39 is 0 Å². The van der Waals surface area contributed by atoms with Crippen molar-refractivity contribution in [1.29, 1.82) is 0 Å². The van der Waals surface area contributed by atoms with Crippen LogP contribution < -0.4 is 10.3 Å². The van der Waals surface area contributed by atoms with Crippen molar-refractivity contribution < 1.29 is 4.74 Å². The molecule has 1 N–H and O–H groups in total. The summed E-state index contributed by atoms with van der Waals surface area (Å²) in [7, 11) is 1.62. The van der Waals surface area contributed by atoms with Crippen molar-refractivity contribution in [2.24, 2.45) is 0 Å². The molecular weight excluding hydrogens is 376 g/mol. The van der Waals surface area contributed by atoms with E-state index in [1.54, 1.807) is 18.4 Å². The van der Waals surface area contributed by atoms with E-state index in [2.05, 4.69) is 20.9 Å². The average Bonchev–Trinajstić information content (AvgIpc) is 2.93. The minimum atomic E-state index is -0.0496. The summed E-state index contributed by atoms with van der Waals surface area (Å²) in [5, 5.41) is 0.780. The van der Waals surface area contributed by atoms with Gasteiger partial charge >= 0.3 is 0 Å². The maximum atomic E-state index is 12.6. The largest absolute Gasteiger partial charge is 0.496 e. The molecule has 0 spiro atoms. The first kappa shape index (κ1) is 14.9. The maximum Gasteiger partial charge on any atom is 0.260 e. The molecule has 0 aliphatic heterocycles. The Hall–Kier alpha value is -1.66. The Morgan fingerprint density at radius 3 is 2.96 bits per heavy atom. The number of aromatic amines is 1. The summed E-state index contributed by atoms with van der Waals surface area (Å²) in [6.07, 6.45) is 4.40. The molecule has 4 rings (SSSR count). The van der Waals surface area contributed by atoms with E-state index in [1.807, 2.05) is 18.2 Å². The third-order valence-corrected chi connectivity index (χ3v) is 5.92. The van der Waals surface area contributed by atoms with Crippen molar-refractivity contribution in [1.82, 2.24) is 9.97 Å². The molecule has 1 aliphatic rings. The summed E-state index contributed by atoms with van der Waals surface area (Å²) in [6.45, 7) is 0. The highest BCUT2D eigenvalue weighted by atomic mass is 79.9. The van der Waals surface area contributed by atoms with Crippen LogP contribution in [0.25, 0.3) is 21.6 Å². The third-order valence-electron chi connectivity index (χ3n) is 4.24. The number of thiophene rings is 1. The van der Waals surface area contributed by atoms with Crippen molar-refractivity contribution in [3.05, 3.63) is 43.5 Å². The normalized spacial score (nSPS) is 14.0. The van der Waals surface area contributed by atoms with E-state index in [4.69, 9.17) is 9.72 Å². The van der Waals surface area contributed by atoms with E-state index in [1.165, 1.54) is 16.9 Å². The number of fused-ring (bicyclic) bond motifs is 3. The number of nitrogens with one attached hydrogen (secondary N) is 1. The molecule has 1 aromatic carbocycles. The number of aromatic nitrogens is 2. The van der Waals surface area contributed by atoms with Crippen LogP contribution in [0.5, 0.6) is 5.75 Å². The summed E-state index contributed by atoms with van der Waals surface area (Å²) in [5.74, 6) is 1.25. The van der Waals surface area contributed by atoms with E-state index in [-0.39, 0.29) is 5.56 Å². The van der Waals surface area contributed by atoms with Crippen molar-refractivity contribution in [3.63, 3.8) is 0 Å². The number of benzene rings is 1. The van der Waals surface area contributed by atoms with Crippen LogP contribution in [0.3, 0.4) is 0 Å². The second kappa shape index (κ2) is 5.76. The van der Waals surface area contributed by atoms with Crippen LogP contribution >= 0.6 is 27.3 Å². The number of nitrogens with zero attached hydrogens (tertiary/aromatic N) is 1. The number of hydrogen-bond donors (Lipinski definition) is 1. The van der Waals surface area contributed by atoms with Gasteiger partial charge in [-0.25, -0.2) is 4.98 Å². The van der Waals surface area contributed by atoms with Gasteiger partial charge in [-0.1, -0.05) is 15.9 Å². The number of rotatable bonds is 2. The lowest BCUT2D eigenvalue weighted by Crippen LogP contribution is -2.11. The Morgan fingerprint density at radius 1 is 1.30 bits per heavy atom. The molecule has 0 saturated carbocycles. The van der Waals surface area contributed by atoms with Gasteiger partial charge in [-0.2, -0.15) is 0 Å². The molecule has 2 aromatic heterocycles. The molecule has 0 fully saturated rings. The van der Waals surface area contributed by atoms with E-state index in [0.717, 1.165) is 39.5 Å². The predicted molar refractivity (Wildman–Crippen MR) is 96.6 cm³/mol. The van der Waals surface area contributed by atoms with Crippen LogP contribution in [0.15, 0.2) is 27.5 Å². The molecule has 0 amide bonds. The van der Waals surface area contributed by atoms with Crippen LogP contribution in [0, 0.1) is 0 Å². The number of methoxy groups -OCH3 is 1. The van der Waals surface area contributed by atoms with Gasteiger partial charge in [-0.3, -0.25) is 4.79 Å². The monoisotopic (exact) mass is 390 g/mol. The summed E-state index contributed by atoms with van der Waals surface area (Å²) >= 11 is 5.12. The van der Waals surface area contributed by atoms with E-state index in [0.29, 0.717) is 11.6 Å². The molecule has 23 heavy (non-hydrogen) atoms. The van der Waals surface area contributed by atoms with Crippen LogP contribution in [-0.2, 0) is 12.8 Å². The first-order chi connectivity index (χ1) is 11.2. The van der Waals surface area contributed by atoms with Gasteiger partial charge in [-0.05, 0) is 49.4 Å². The lowest BCUT2D eigenvalue weighted by molar-refractivity contribution is 0.416. The minimum Gasteiger partial charge on any atom is -0.496 e. The Bertz CT molecular complexity index is 961. The van der Waals surface area contributed by atoms with Gasteiger partial charge in [-0.15, -0.1) is 11.3 Å². The molecule has 0 unspecified atom stereocenters. The van der Waals surface area contributed by atoms with Gasteiger partial charge in [0.25, 0.3) is 5.56 Å². The summed E-state index contributed by atoms with van der Waals surface area (Å²) in [5.41, 5.74) is 1.94. The fourth-order valence-electron chi connectivity index (χ4n) is 3.16. The zero-order valence-electron chi connectivity index (χ0n) is 12.6. The molecule has 118 valence electrons. The molecule has 2 heterocycles. The van der Waals surface area contributed by atoms with Crippen LogP contribution in [0.1, 0.15) is 23.3 Å². The van der Waals surface area contributed by atoms with Crippen LogP contribution in [0.2, 0.25) is 0 Å². The smallest absolute Gasteiger partial charge is 0.260 e. The quantitative estimate of drug-likeness (QED) is 0.709. The summed E-state index contributed by atoms with van der Waals surface area (Å²) in [6, 6.07) is 5.68. The highest BCUT2D eigenvalue weighted by Crippen LogP contribution is 2.36. The fourth-order valence-corrected chi connectivity index (χ4v) is 4.78. The third kappa shape index (κ3) is 2.50. The summed E-state index contributed by atoms with van der Waals surface area (Å²) in [4.78, 5) is 22.5. The lowest BCUT2D eigenvalue weighted by Gasteiger charge is -2.10. The Labute approximate surface area is 145 Å². The molecule has 0 bridgehead atoms. The predicted octanol–water partition coefficient (Wildman–Crippen LogP) is 4.30. The number of aryl methyl sites for hydroxylation is 2. The molecule has 0 radical (unpaired) electrons. The van der Waals surface area contributed by atoms with Gasteiger partial charge in [0.15, 0.2) is 0 Å². The minimum absolute atomic E-state index is 0.0496. The van der Waals surface area contributed by atoms with Gasteiger partial charge in [0.2, 0.25) is 0 Å². The highest BCUT2D eigenvalue weighted by Gasteiger charge is 2.20. The van der Waals surface area contributed by atoms with Gasteiger partial charge in [0.1, 0.15) is 16.4 Å². The van der Waals surface area contributed by atoms with E-state index >= 15 is 0 Å². The molecular formula is C17H15BrN2O2S. The maximum absolute atomic E-state index is 12.6. The van der Waals surface area contributed by atoms with E-state index in [9.17, 15) is 4.79 Å². The Balaban J connectivity index is 1.96. The van der Waals surface area contributed by atoms with Crippen molar-refractivity contribution in [2.45, 2.75) is 25.7 Å². The second-order valence-electron chi connectivity index (χ2n) is 5.65. The van der Waals surface area contributed by atoms with Crippen molar-refractivity contribution in [2.75, 3.05) is 7.11 Å². The first-order valence-corrected chi connectivity index (χ1v) is 9.17. The summed E-state index contributed by atoms with van der Waals surface area (Å²) < 4.78 is 6.33. The van der Waals surface area contributed by atoms with Gasteiger partial charge < -0.3 is 9.72 Å². The standard InChI is InChI=1S/C17H15BrN2O2S/c1-22-12-7-6-9(18)8-11(12)15-19-16(21)14-10-4-2-3-5-13(10)23-17(14)20-15/h6-8H,2-5H2,1H3,(H,19,20,21). The lowest BCUT2D eigenvalue weighted by atomic mass is 9.97. The van der Waals surface area contributed by atoms with Crippen molar-refractivity contribution in [3.8, 4) is 17.1 Å². The van der Waals surface area contributed by atoms with Crippen molar-refractivity contribution >= 4 is 37.5 Å². The Morgan fingerprint density at radius 2 is 2.13 bits per heavy atom. The topological polar surface area (TPSA) is 55.0 Å². The Kier molecular flexibility index (Phi) is 3.73. The molecule has 0 atom stereocenters. The molecule has 0 saturated heterocycles. The number of H-pyrrole nitrogens is 1. The number of halogens is 1. The molecule has 3 aromatic rings. The number of hydrogen-bond acceptors (Lipinski definition) is 4. The SMILES string of the molecule is COc1ccc(Br)cc1-c1nc2sc3c(c2c(=O)[nH]1)CCCC3. The first-order valence-electron chi connectivity index (χ1n) is 7.56. The zero-order chi connectivity index (χ0) is 16.0. The zero-order valence-corrected chi connectivity index (χ0v) is 15.0.